The van der Waals surface area contributed by atoms with Gasteiger partial charge in [-0.15, -0.1) is 0 Å². The van der Waals surface area contributed by atoms with Gasteiger partial charge >= 0.3 is 0 Å². The maximum Gasteiger partial charge on any atom is 0.128 e. The highest BCUT2D eigenvalue weighted by Crippen LogP contribution is 2.20. The largest absolute Gasteiger partial charge is 0.492 e. The Morgan fingerprint density at radius 1 is 1.16 bits per heavy atom. The van der Waals surface area contributed by atoms with Crippen LogP contribution in [0.1, 0.15) is 38.5 Å². The zero-order valence-corrected chi connectivity index (χ0v) is 12.7. The van der Waals surface area contributed by atoms with Crippen LogP contribution in [0.5, 0.6) is 5.75 Å². The molecule has 0 saturated heterocycles. The first-order valence-corrected chi connectivity index (χ1v) is 7.85. The predicted molar refractivity (Wildman–Crippen MR) is 79.1 cm³/mol. The van der Waals surface area contributed by atoms with Gasteiger partial charge in [0.05, 0.1) is 0 Å². The van der Waals surface area contributed by atoms with Crippen LogP contribution in [-0.4, -0.2) is 19.2 Å². The van der Waals surface area contributed by atoms with Gasteiger partial charge in [0.1, 0.15) is 18.2 Å². The molecular weight excluding hydrogens is 309 g/mol. The third kappa shape index (κ3) is 5.49. The fourth-order valence-electron chi connectivity index (χ4n) is 2.53. The number of benzene rings is 1. The summed E-state index contributed by atoms with van der Waals surface area (Å²) < 4.78 is 19.4. The minimum absolute atomic E-state index is 0.277. The SMILES string of the molecule is Fc1cc(Br)cc(OCCNC2CCCCCC2)c1. The number of rotatable bonds is 5. The minimum atomic E-state index is -0.277. The topological polar surface area (TPSA) is 21.3 Å². The predicted octanol–water partition coefficient (Wildman–Crippen LogP) is 4.28. The van der Waals surface area contributed by atoms with Crippen molar-refractivity contribution >= 4 is 15.9 Å². The van der Waals surface area contributed by atoms with Gasteiger partial charge in [0.2, 0.25) is 0 Å². The molecule has 19 heavy (non-hydrogen) atoms. The molecule has 1 aliphatic rings. The van der Waals surface area contributed by atoms with Crippen molar-refractivity contribution in [3.05, 3.63) is 28.5 Å². The number of ether oxygens (including phenoxy) is 1. The van der Waals surface area contributed by atoms with Crippen molar-refractivity contribution in [2.24, 2.45) is 0 Å². The molecule has 2 nitrogen and oxygen atoms in total. The van der Waals surface area contributed by atoms with Crippen LogP contribution in [0.2, 0.25) is 0 Å². The molecule has 1 aromatic carbocycles. The summed E-state index contributed by atoms with van der Waals surface area (Å²) in [5, 5.41) is 3.53. The zero-order valence-electron chi connectivity index (χ0n) is 11.1. The second-order valence-electron chi connectivity index (χ2n) is 5.10. The molecule has 0 bridgehead atoms. The van der Waals surface area contributed by atoms with Crippen LogP contribution in [-0.2, 0) is 0 Å². The van der Waals surface area contributed by atoms with E-state index in [2.05, 4.69) is 21.2 Å². The zero-order chi connectivity index (χ0) is 13.5. The van der Waals surface area contributed by atoms with E-state index in [-0.39, 0.29) is 5.82 Å². The molecule has 0 atom stereocenters. The first-order chi connectivity index (χ1) is 9.24. The van der Waals surface area contributed by atoms with Crippen molar-refractivity contribution in [3.8, 4) is 5.75 Å². The number of hydrogen-bond donors (Lipinski definition) is 1. The van der Waals surface area contributed by atoms with Gasteiger partial charge in [0, 0.05) is 23.1 Å². The van der Waals surface area contributed by atoms with Crippen molar-refractivity contribution in [2.75, 3.05) is 13.2 Å². The van der Waals surface area contributed by atoms with Crippen LogP contribution in [0.15, 0.2) is 22.7 Å². The maximum absolute atomic E-state index is 13.1. The standard InChI is InChI=1S/C15H21BrFNO/c16-12-9-13(17)11-15(10-12)19-8-7-18-14-5-3-1-2-4-6-14/h9-11,14,18H,1-8H2. The van der Waals surface area contributed by atoms with Crippen molar-refractivity contribution in [1.29, 1.82) is 0 Å². The molecule has 1 N–H and O–H groups in total. The monoisotopic (exact) mass is 329 g/mol. The Hall–Kier alpha value is -0.610. The van der Waals surface area contributed by atoms with E-state index in [4.69, 9.17) is 4.74 Å². The summed E-state index contributed by atoms with van der Waals surface area (Å²) in [5.41, 5.74) is 0. The van der Waals surface area contributed by atoms with Gasteiger partial charge in [0.25, 0.3) is 0 Å². The quantitative estimate of drug-likeness (QED) is 0.643. The lowest BCUT2D eigenvalue weighted by molar-refractivity contribution is 0.299. The molecule has 2 rings (SSSR count). The summed E-state index contributed by atoms with van der Waals surface area (Å²) >= 11 is 3.26. The lowest BCUT2D eigenvalue weighted by Crippen LogP contribution is -2.32. The molecular formula is C15H21BrFNO. The third-order valence-corrected chi connectivity index (χ3v) is 3.95. The number of halogens is 2. The smallest absolute Gasteiger partial charge is 0.128 e. The van der Waals surface area contributed by atoms with Gasteiger partial charge in [-0.3, -0.25) is 0 Å². The van der Waals surface area contributed by atoms with Crippen LogP contribution in [0, 0.1) is 5.82 Å². The highest BCUT2D eigenvalue weighted by Gasteiger charge is 2.10. The Morgan fingerprint density at radius 3 is 2.58 bits per heavy atom. The van der Waals surface area contributed by atoms with E-state index in [1.165, 1.54) is 50.7 Å². The molecule has 1 aromatic rings. The Labute approximate surface area is 122 Å². The van der Waals surface area contributed by atoms with Crippen LogP contribution in [0.4, 0.5) is 4.39 Å². The highest BCUT2D eigenvalue weighted by atomic mass is 79.9. The summed E-state index contributed by atoms with van der Waals surface area (Å²) in [6.07, 6.45) is 7.93. The molecule has 1 aliphatic carbocycles. The van der Waals surface area contributed by atoms with Gasteiger partial charge < -0.3 is 10.1 Å². The average Bonchev–Trinajstić information content (AvgIpc) is 2.62. The molecule has 0 spiro atoms. The number of nitrogens with one attached hydrogen (secondary N) is 1. The van der Waals surface area contributed by atoms with E-state index in [0.29, 0.717) is 22.9 Å². The lowest BCUT2D eigenvalue weighted by Gasteiger charge is -2.16. The highest BCUT2D eigenvalue weighted by molar-refractivity contribution is 9.10. The molecule has 0 heterocycles. The average molecular weight is 330 g/mol. The maximum atomic E-state index is 13.1. The van der Waals surface area contributed by atoms with Crippen molar-refractivity contribution in [3.63, 3.8) is 0 Å². The van der Waals surface area contributed by atoms with Gasteiger partial charge in [-0.25, -0.2) is 4.39 Å². The third-order valence-electron chi connectivity index (χ3n) is 3.50. The summed E-state index contributed by atoms with van der Waals surface area (Å²) in [4.78, 5) is 0. The molecule has 0 radical (unpaired) electrons. The molecule has 1 fully saturated rings. The fraction of sp³-hybridized carbons (Fsp3) is 0.600. The van der Waals surface area contributed by atoms with Crippen molar-refractivity contribution < 1.29 is 9.13 Å². The molecule has 0 aliphatic heterocycles. The minimum Gasteiger partial charge on any atom is -0.492 e. The Kier molecular flexibility index (Phi) is 6.11. The molecule has 0 unspecified atom stereocenters. The van der Waals surface area contributed by atoms with E-state index < -0.39 is 0 Å². The van der Waals surface area contributed by atoms with E-state index >= 15 is 0 Å². The second kappa shape index (κ2) is 7.85. The number of hydrogen-bond acceptors (Lipinski definition) is 2. The fourth-order valence-corrected chi connectivity index (χ4v) is 2.97. The summed E-state index contributed by atoms with van der Waals surface area (Å²) in [5.74, 6) is 0.302. The van der Waals surface area contributed by atoms with E-state index in [1.54, 1.807) is 6.07 Å². The van der Waals surface area contributed by atoms with Gasteiger partial charge in [0.15, 0.2) is 0 Å². The molecule has 0 amide bonds. The van der Waals surface area contributed by atoms with Crippen molar-refractivity contribution in [2.45, 2.75) is 44.6 Å². The lowest BCUT2D eigenvalue weighted by atomic mass is 10.1. The van der Waals surface area contributed by atoms with Crippen LogP contribution in [0.3, 0.4) is 0 Å². The van der Waals surface area contributed by atoms with Gasteiger partial charge in [-0.2, -0.15) is 0 Å². The van der Waals surface area contributed by atoms with Crippen LogP contribution >= 0.6 is 15.9 Å². The molecule has 0 aromatic heterocycles. The van der Waals surface area contributed by atoms with Crippen LogP contribution in [0.25, 0.3) is 0 Å². The van der Waals surface area contributed by atoms with E-state index in [1.807, 2.05) is 0 Å². The normalized spacial score (nSPS) is 17.2. The molecule has 1 saturated carbocycles. The first kappa shape index (κ1) is 14.8. The Bertz CT molecular complexity index is 371. The second-order valence-corrected chi connectivity index (χ2v) is 6.01. The van der Waals surface area contributed by atoms with Crippen molar-refractivity contribution in [1.82, 2.24) is 5.32 Å². The summed E-state index contributed by atoms with van der Waals surface area (Å²) in [6, 6.07) is 5.26. The van der Waals surface area contributed by atoms with Gasteiger partial charge in [-0.05, 0) is 25.0 Å². The Morgan fingerprint density at radius 2 is 1.89 bits per heavy atom. The van der Waals surface area contributed by atoms with Crippen LogP contribution < -0.4 is 10.1 Å². The van der Waals surface area contributed by atoms with Gasteiger partial charge in [-0.1, -0.05) is 41.6 Å². The summed E-state index contributed by atoms with van der Waals surface area (Å²) in [6.45, 7) is 1.39. The molecule has 4 heteroatoms. The summed E-state index contributed by atoms with van der Waals surface area (Å²) in [7, 11) is 0. The van der Waals surface area contributed by atoms with E-state index in [9.17, 15) is 4.39 Å². The van der Waals surface area contributed by atoms with E-state index in [0.717, 1.165) is 6.54 Å². The first-order valence-electron chi connectivity index (χ1n) is 7.06. The Balaban J connectivity index is 1.68. The molecule has 106 valence electrons.